The lowest BCUT2D eigenvalue weighted by Crippen LogP contribution is -2.18. The molecular weight excluding hydrogens is 416 g/mol. The number of ketones is 1. The van der Waals surface area contributed by atoms with Gasteiger partial charge in [0.05, 0.1) is 24.3 Å². The number of methoxy groups -OCH3 is 1. The zero-order chi connectivity index (χ0) is 22.8. The van der Waals surface area contributed by atoms with Gasteiger partial charge >= 0.3 is 0 Å². The van der Waals surface area contributed by atoms with Gasteiger partial charge in [-0.1, -0.05) is 6.07 Å². The molecule has 0 aliphatic carbocycles. The first-order chi connectivity index (χ1) is 16.1. The lowest BCUT2D eigenvalue weighted by atomic mass is 10.0. The fourth-order valence-corrected chi connectivity index (χ4v) is 3.86. The number of pyridine rings is 2. The molecular formula is C26H20N4O3. The third-order valence-corrected chi connectivity index (χ3v) is 5.48. The van der Waals surface area contributed by atoms with Gasteiger partial charge in [0.25, 0.3) is 0 Å². The zero-order valence-corrected chi connectivity index (χ0v) is 17.9. The Morgan fingerprint density at radius 3 is 2.70 bits per heavy atom. The topological polar surface area (TPSA) is 86.1 Å². The Hall–Kier alpha value is -4.52. The van der Waals surface area contributed by atoms with E-state index < -0.39 is 0 Å². The first kappa shape index (κ1) is 20.4. The molecule has 0 spiro atoms. The molecule has 7 heteroatoms. The average Bonchev–Trinajstić information content (AvgIpc) is 3.21. The highest BCUT2D eigenvalue weighted by Gasteiger charge is 2.18. The van der Waals surface area contributed by atoms with Crippen LogP contribution in [0.5, 0.6) is 5.75 Å². The van der Waals surface area contributed by atoms with Crippen LogP contribution in [0.2, 0.25) is 0 Å². The number of fused-ring (bicyclic) bond motifs is 2. The van der Waals surface area contributed by atoms with E-state index in [-0.39, 0.29) is 18.2 Å². The molecule has 5 aromatic rings. The molecule has 0 saturated heterocycles. The lowest BCUT2D eigenvalue weighted by molar-refractivity contribution is -0.116. The molecule has 0 aliphatic heterocycles. The molecule has 1 amide bonds. The Balaban J connectivity index is 1.42. The Kier molecular flexibility index (Phi) is 5.28. The van der Waals surface area contributed by atoms with E-state index in [9.17, 15) is 9.59 Å². The van der Waals surface area contributed by atoms with Crippen molar-refractivity contribution in [2.75, 3.05) is 12.4 Å². The summed E-state index contributed by atoms with van der Waals surface area (Å²) in [6.45, 7) is 0.0448. The molecule has 0 unspecified atom stereocenters. The van der Waals surface area contributed by atoms with Crippen LogP contribution in [0.3, 0.4) is 0 Å². The van der Waals surface area contributed by atoms with E-state index in [1.165, 1.54) is 0 Å². The molecule has 33 heavy (non-hydrogen) atoms. The molecule has 7 nitrogen and oxygen atoms in total. The van der Waals surface area contributed by atoms with Crippen LogP contribution in [0.1, 0.15) is 15.9 Å². The van der Waals surface area contributed by atoms with Gasteiger partial charge in [-0.05, 0) is 54.6 Å². The standard InChI is InChI=1S/C26H20N4O3/c1-33-20-7-4-17(5-8-20)26(32)22-15-30(24-14-27-12-10-21(22)24)16-25(31)29-19-6-9-23-18(13-19)3-2-11-28-23/h2-15H,16H2,1H3,(H,29,31). The Bertz CT molecular complexity index is 1490. The monoisotopic (exact) mass is 436 g/mol. The normalized spacial score (nSPS) is 10.9. The van der Waals surface area contributed by atoms with E-state index >= 15 is 0 Å². The van der Waals surface area contributed by atoms with E-state index in [1.807, 2.05) is 30.3 Å². The highest BCUT2D eigenvalue weighted by atomic mass is 16.5. The molecule has 0 saturated carbocycles. The van der Waals surface area contributed by atoms with E-state index in [1.54, 1.807) is 66.8 Å². The van der Waals surface area contributed by atoms with Gasteiger partial charge in [-0.25, -0.2) is 0 Å². The van der Waals surface area contributed by atoms with Gasteiger partial charge in [0.15, 0.2) is 5.78 Å². The Morgan fingerprint density at radius 2 is 1.88 bits per heavy atom. The number of rotatable bonds is 6. The van der Waals surface area contributed by atoms with Gasteiger partial charge in [-0.3, -0.25) is 19.6 Å². The van der Waals surface area contributed by atoms with Gasteiger partial charge < -0.3 is 14.6 Å². The Morgan fingerprint density at radius 1 is 1.03 bits per heavy atom. The molecule has 0 radical (unpaired) electrons. The molecule has 0 atom stereocenters. The average molecular weight is 436 g/mol. The number of carbonyl (C=O) groups is 2. The number of nitrogens with zero attached hydrogens (tertiary/aromatic N) is 3. The molecule has 0 bridgehead atoms. The van der Waals surface area contributed by atoms with Crippen molar-refractivity contribution in [1.82, 2.24) is 14.5 Å². The molecule has 5 rings (SSSR count). The van der Waals surface area contributed by atoms with Crippen molar-refractivity contribution in [3.63, 3.8) is 0 Å². The van der Waals surface area contributed by atoms with Crippen molar-refractivity contribution >= 4 is 39.2 Å². The van der Waals surface area contributed by atoms with Crippen LogP contribution in [0.25, 0.3) is 21.8 Å². The van der Waals surface area contributed by atoms with Crippen LogP contribution in [-0.2, 0) is 11.3 Å². The SMILES string of the molecule is COc1ccc(C(=O)c2cn(CC(=O)Nc3ccc4ncccc4c3)c3cnccc23)cc1. The molecule has 3 heterocycles. The van der Waals surface area contributed by atoms with Crippen molar-refractivity contribution in [3.8, 4) is 5.75 Å². The minimum Gasteiger partial charge on any atom is -0.497 e. The Labute approximate surface area is 189 Å². The maximum Gasteiger partial charge on any atom is 0.244 e. The fourth-order valence-electron chi connectivity index (χ4n) is 3.86. The van der Waals surface area contributed by atoms with Gasteiger partial charge in [0.2, 0.25) is 5.91 Å². The molecule has 162 valence electrons. The van der Waals surface area contributed by atoms with Crippen molar-refractivity contribution in [1.29, 1.82) is 0 Å². The first-order valence-electron chi connectivity index (χ1n) is 10.4. The summed E-state index contributed by atoms with van der Waals surface area (Å²) in [4.78, 5) is 34.5. The summed E-state index contributed by atoms with van der Waals surface area (Å²) < 4.78 is 6.92. The van der Waals surface area contributed by atoms with E-state index in [2.05, 4.69) is 15.3 Å². The molecule has 2 aromatic carbocycles. The predicted octanol–water partition coefficient (Wildman–Crippen LogP) is 4.46. The van der Waals surface area contributed by atoms with Crippen LogP contribution in [0.15, 0.2) is 85.5 Å². The minimum atomic E-state index is -0.206. The highest BCUT2D eigenvalue weighted by Crippen LogP contribution is 2.24. The fraction of sp³-hybridized carbons (Fsp3) is 0.0769. The van der Waals surface area contributed by atoms with Gasteiger partial charge in [0, 0.05) is 46.2 Å². The maximum atomic E-state index is 13.2. The molecule has 0 fully saturated rings. The van der Waals surface area contributed by atoms with E-state index in [0.29, 0.717) is 28.1 Å². The van der Waals surface area contributed by atoms with Crippen LogP contribution < -0.4 is 10.1 Å². The smallest absolute Gasteiger partial charge is 0.244 e. The summed E-state index contributed by atoms with van der Waals surface area (Å²) in [7, 11) is 1.58. The number of aromatic nitrogens is 3. The third kappa shape index (κ3) is 4.04. The second-order valence-corrected chi connectivity index (χ2v) is 7.58. The first-order valence-corrected chi connectivity index (χ1v) is 10.4. The molecule has 3 aromatic heterocycles. The second-order valence-electron chi connectivity index (χ2n) is 7.58. The number of ether oxygens (including phenoxy) is 1. The summed E-state index contributed by atoms with van der Waals surface area (Å²) in [6.07, 6.45) is 6.75. The van der Waals surface area contributed by atoms with E-state index in [4.69, 9.17) is 4.74 Å². The summed E-state index contributed by atoms with van der Waals surface area (Å²) in [5.74, 6) is 0.344. The number of hydrogen-bond donors (Lipinski definition) is 1. The van der Waals surface area contributed by atoms with Crippen LogP contribution in [0, 0.1) is 0 Å². The van der Waals surface area contributed by atoms with E-state index in [0.717, 1.165) is 16.3 Å². The molecule has 1 N–H and O–H groups in total. The summed E-state index contributed by atoms with van der Waals surface area (Å²) in [5, 5.41) is 4.61. The van der Waals surface area contributed by atoms with Crippen molar-refractivity contribution in [3.05, 3.63) is 96.6 Å². The quantitative estimate of drug-likeness (QED) is 0.397. The van der Waals surface area contributed by atoms with Crippen LogP contribution >= 0.6 is 0 Å². The number of anilines is 1. The van der Waals surface area contributed by atoms with Gasteiger partial charge in [-0.2, -0.15) is 0 Å². The summed E-state index contributed by atoms with van der Waals surface area (Å²) >= 11 is 0. The zero-order valence-electron chi connectivity index (χ0n) is 17.9. The van der Waals surface area contributed by atoms with Crippen LogP contribution in [-0.4, -0.2) is 33.3 Å². The summed E-state index contributed by atoms with van der Waals surface area (Å²) in [5.41, 5.74) is 3.32. The van der Waals surface area contributed by atoms with Crippen molar-refractivity contribution in [2.45, 2.75) is 6.54 Å². The number of hydrogen-bond acceptors (Lipinski definition) is 5. The van der Waals surface area contributed by atoms with Crippen LogP contribution in [0.4, 0.5) is 5.69 Å². The largest absolute Gasteiger partial charge is 0.497 e. The second kappa shape index (κ2) is 8.55. The predicted molar refractivity (Wildman–Crippen MR) is 127 cm³/mol. The van der Waals surface area contributed by atoms with Gasteiger partial charge in [0.1, 0.15) is 12.3 Å². The number of carbonyl (C=O) groups excluding carboxylic acids is 2. The van der Waals surface area contributed by atoms with Crippen molar-refractivity contribution < 1.29 is 14.3 Å². The van der Waals surface area contributed by atoms with Crippen molar-refractivity contribution in [2.24, 2.45) is 0 Å². The minimum absolute atomic E-state index is 0.0448. The maximum absolute atomic E-state index is 13.2. The van der Waals surface area contributed by atoms with Gasteiger partial charge in [-0.15, -0.1) is 0 Å². The number of nitrogens with one attached hydrogen (secondary N) is 1. The summed E-state index contributed by atoms with van der Waals surface area (Å²) in [6, 6.07) is 18.1. The lowest BCUT2D eigenvalue weighted by Gasteiger charge is -2.08. The highest BCUT2D eigenvalue weighted by molar-refractivity contribution is 6.16. The third-order valence-electron chi connectivity index (χ3n) is 5.48. The number of benzene rings is 2. The molecule has 0 aliphatic rings. The number of amides is 1.